The number of hydrogen-bond acceptors (Lipinski definition) is 9. The largest absolute Gasteiger partial charge is 0.493 e. The summed E-state index contributed by atoms with van der Waals surface area (Å²) in [5.41, 5.74) is 9.44. The fraction of sp³-hybridized carbons (Fsp3) is 0.136. The molecule has 168 valence electrons. The Morgan fingerprint density at radius 3 is 2.67 bits per heavy atom. The highest BCUT2D eigenvalue weighted by Gasteiger charge is 2.20. The number of nitrogens with two attached hydrogens (primary N) is 1. The van der Waals surface area contributed by atoms with Gasteiger partial charge in [-0.05, 0) is 24.1 Å². The number of carbonyl (C=O) groups is 1. The van der Waals surface area contributed by atoms with Crippen LogP contribution in [0.4, 0.5) is 10.7 Å². The lowest BCUT2D eigenvalue weighted by Gasteiger charge is -2.12. The second kappa shape index (κ2) is 10.3. The number of carbonyl (C=O) groups excluding carboxylic acids is 1. The third-order valence-corrected chi connectivity index (χ3v) is 5.73. The van der Waals surface area contributed by atoms with E-state index in [4.69, 9.17) is 20.5 Å². The summed E-state index contributed by atoms with van der Waals surface area (Å²) in [5, 5.41) is 24.8. The topological polar surface area (TPSA) is 153 Å². The number of nitro benzene ring substituents is 1. The fourth-order valence-electron chi connectivity index (χ4n) is 2.94. The van der Waals surface area contributed by atoms with Crippen molar-refractivity contribution in [1.29, 1.82) is 5.26 Å². The van der Waals surface area contributed by atoms with Crippen LogP contribution in [0, 0.1) is 28.4 Å². The average Bonchev–Trinajstić information content (AvgIpc) is 3.11. The number of hydrazone groups is 1. The normalized spacial score (nSPS) is 10.6. The first-order valence-electron chi connectivity index (χ1n) is 9.51. The van der Waals surface area contributed by atoms with Crippen LogP contribution in [-0.2, 0) is 6.61 Å². The van der Waals surface area contributed by atoms with Crippen molar-refractivity contribution in [2.45, 2.75) is 13.5 Å². The van der Waals surface area contributed by atoms with Crippen LogP contribution in [0.3, 0.4) is 0 Å². The van der Waals surface area contributed by atoms with Crippen molar-refractivity contribution in [2.24, 2.45) is 5.10 Å². The Kier molecular flexibility index (Phi) is 7.22. The third-order valence-electron chi connectivity index (χ3n) is 4.61. The van der Waals surface area contributed by atoms with E-state index in [0.29, 0.717) is 5.56 Å². The maximum atomic E-state index is 12.4. The van der Waals surface area contributed by atoms with Gasteiger partial charge in [0.2, 0.25) is 0 Å². The first-order valence-corrected chi connectivity index (χ1v) is 10.3. The monoisotopic (exact) mass is 465 g/mol. The quantitative estimate of drug-likeness (QED) is 0.292. The van der Waals surface area contributed by atoms with Gasteiger partial charge >= 0.3 is 0 Å². The third kappa shape index (κ3) is 5.25. The molecule has 0 saturated carbocycles. The highest BCUT2D eigenvalue weighted by molar-refractivity contribution is 7.18. The summed E-state index contributed by atoms with van der Waals surface area (Å²) in [6.45, 7) is 1.81. The zero-order valence-corrected chi connectivity index (χ0v) is 18.5. The summed E-state index contributed by atoms with van der Waals surface area (Å²) in [6, 6.07) is 13.9. The predicted molar refractivity (Wildman–Crippen MR) is 124 cm³/mol. The molecule has 0 aliphatic carbocycles. The number of hydrogen-bond donors (Lipinski definition) is 2. The van der Waals surface area contributed by atoms with E-state index in [9.17, 15) is 14.9 Å². The van der Waals surface area contributed by atoms with Crippen molar-refractivity contribution < 1.29 is 19.2 Å². The lowest BCUT2D eigenvalue weighted by Crippen LogP contribution is -2.17. The number of nitrogen functional groups attached to an aromatic ring is 1. The summed E-state index contributed by atoms with van der Waals surface area (Å²) in [5.74, 6) is -0.118. The van der Waals surface area contributed by atoms with Crippen LogP contribution in [0.25, 0.3) is 0 Å². The van der Waals surface area contributed by atoms with E-state index in [0.717, 1.165) is 23.1 Å². The van der Waals surface area contributed by atoms with Gasteiger partial charge in [-0.25, -0.2) is 5.43 Å². The van der Waals surface area contributed by atoms with E-state index < -0.39 is 10.8 Å². The van der Waals surface area contributed by atoms with Gasteiger partial charge in [0, 0.05) is 0 Å². The molecule has 3 aromatic rings. The summed E-state index contributed by atoms with van der Waals surface area (Å²) in [6.07, 6.45) is 1.14. The second-order valence-electron chi connectivity index (χ2n) is 6.70. The van der Waals surface area contributed by atoms with Crippen LogP contribution in [0.5, 0.6) is 11.5 Å². The Morgan fingerprint density at radius 2 is 2.06 bits per heavy atom. The van der Waals surface area contributed by atoms with Crippen LogP contribution < -0.4 is 20.6 Å². The summed E-state index contributed by atoms with van der Waals surface area (Å²) in [4.78, 5) is 23.6. The number of benzene rings is 2. The zero-order valence-electron chi connectivity index (χ0n) is 17.7. The lowest BCUT2D eigenvalue weighted by atomic mass is 10.1. The molecule has 0 atom stereocenters. The molecule has 33 heavy (non-hydrogen) atoms. The molecule has 1 aromatic heterocycles. The van der Waals surface area contributed by atoms with Gasteiger partial charge in [-0.2, -0.15) is 10.4 Å². The highest BCUT2D eigenvalue weighted by atomic mass is 32.1. The van der Waals surface area contributed by atoms with Crippen LogP contribution in [0.15, 0.2) is 47.6 Å². The number of thiophene rings is 1. The van der Waals surface area contributed by atoms with Crippen molar-refractivity contribution in [3.8, 4) is 17.6 Å². The van der Waals surface area contributed by atoms with E-state index >= 15 is 0 Å². The van der Waals surface area contributed by atoms with Gasteiger partial charge in [0.1, 0.15) is 22.6 Å². The van der Waals surface area contributed by atoms with E-state index in [2.05, 4.69) is 10.5 Å². The SMILES string of the molecule is COc1cc(C=NNC(=O)c2sc(N)c(C#N)c2C)c([N+](=O)[O-])cc1OCc1ccccc1. The number of methoxy groups -OCH3 is 1. The Balaban J connectivity index is 1.82. The average molecular weight is 465 g/mol. The molecule has 1 amide bonds. The Bertz CT molecular complexity index is 1260. The molecule has 2 aromatic carbocycles. The molecular weight excluding hydrogens is 446 g/mol. The number of amides is 1. The minimum Gasteiger partial charge on any atom is -0.493 e. The number of rotatable bonds is 8. The molecule has 11 heteroatoms. The van der Waals surface area contributed by atoms with Gasteiger partial charge in [0.25, 0.3) is 11.6 Å². The fourth-order valence-corrected chi connectivity index (χ4v) is 3.85. The maximum absolute atomic E-state index is 12.4. The van der Waals surface area contributed by atoms with Gasteiger partial charge in [-0.1, -0.05) is 30.3 Å². The first-order chi connectivity index (χ1) is 15.8. The minimum absolute atomic E-state index is 0.101. The molecule has 3 N–H and O–H groups in total. The molecule has 0 fully saturated rings. The van der Waals surface area contributed by atoms with Crippen LogP contribution in [0.2, 0.25) is 0 Å². The molecule has 0 bridgehead atoms. The van der Waals surface area contributed by atoms with E-state index in [1.165, 1.54) is 19.2 Å². The van der Waals surface area contributed by atoms with Gasteiger partial charge in [0.05, 0.1) is 35.4 Å². The lowest BCUT2D eigenvalue weighted by molar-refractivity contribution is -0.385. The van der Waals surface area contributed by atoms with Crippen molar-refractivity contribution in [1.82, 2.24) is 5.43 Å². The minimum atomic E-state index is -0.584. The smallest absolute Gasteiger partial charge is 0.282 e. The summed E-state index contributed by atoms with van der Waals surface area (Å²) in [7, 11) is 1.41. The molecule has 1 heterocycles. The molecular formula is C22H19N5O5S. The predicted octanol–water partition coefficient (Wildman–Crippen LogP) is 3.77. The number of nitrogens with one attached hydrogen (secondary N) is 1. The molecule has 0 aliphatic rings. The Hall–Kier alpha value is -4.43. The number of nitrogens with zero attached hydrogens (tertiary/aromatic N) is 3. The van der Waals surface area contributed by atoms with Gasteiger partial charge in [0.15, 0.2) is 11.5 Å². The number of nitriles is 1. The highest BCUT2D eigenvalue weighted by Crippen LogP contribution is 2.34. The first kappa shape index (κ1) is 23.2. The summed E-state index contributed by atoms with van der Waals surface area (Å²) >= 11 is 0.964. The van der Waals surface area contributed by atoms with Crippen LogP contribution >= 0.6 is 11.3 Å². The van der Waals surface area contributed by atoms with Crippen molar-refractivity contribution >= 4 is 34.1 Å². The number of nitro groups is 1. The van der Waals surface area contributed by atoms with Gasteiger partial charge in [-0.3, -0.25) is 14.9 Å². The Morgan fingerprint density at radius 1 is 1.33 bits per heavy atom. The number of anilines is 1. The van der Waals surface area contributed by atoms with E-state index in [1.54, 1.807) is 6.92 Å². The van der Waals surface area contributed by atoms with Crippen molar-refractivity contribution in [2.75, 3.05) is 12.8 Å². The molecule has 10 nitrogen and oxygen atoms in total. The maximum Gasteiger partial charge on any atom is 0.282 e. The molecule has 0 aliphatic heterocycles. The van der Waals surface area contributed by atoms with Crippen LogP contribution in [-0.4, -0.2) is 24.2 Å². The van der Waals surface area contributed by atoms with Crippen LogP contribution in [0.1, 0.15) is 31.9 Å². The molecule has 0 unspecified atom stereocenters. The number of ether oxygens (including phenoxy) is 2. The molecule has 0 radical (unpaired) electrons. The molecule has 3 rings (SSSR count). The van der Waals surface area contributed by atoms with E-state index in [1.807, 2.05) is 36.4 Å². The molecule has 0 spiro atoms. The van der Waals surface area contributed by atoms with Gasteiger partial charge < -0.3 is 15.2 Å². The van der Waals surface area contributed by atoms with Crippen molar-refractivity contribution in [3.05, 3.63) is 79.7 Å². The van der Waals surface area contributed by atoms with E-state index in [-0.39, 0.29) is 44.8 Å². The zero-order chi connectivity index (χ0) is 24.0. The molecule has 0 saturated heterocycles. The standard InChI is InChI=1S/C22H19N5O5S/c1-13-16(10-23)21(24)33-20(13)22(28)26-25-11-15-8-18(31-2)19(9-17(15)27(29)30)32-12-14-6-4-3-5-7-14/h3-9,11H,12,24H2,1-2H3,(H,26,28). The second-order valence-corrected chi connectivity index (χ2v) is 7.75. The van der Waals surface area contributed by atoms with Gasteiger partial charge in [-0.15, -0.1) is 11.3 Å². The van der Waals surface area contributed by atoms with Crippen molar-refractivity contribution in [3.63, 3.8) is 0 Å². The summed E-state index contributed by atoms with van der Waals surface area (Å²) < 4.78 is 11.0. The Labute approximate surface area is 193 Å².